The summed E-state index contributed by atoms with van der Waals surface area (Å²) in [5, 5.41) is 15.0. The SMILES string of the molecule is CCc1nncn1CCNC(=NCCc1ccc(OC)c(OC)c1)NC(C)CC. The number of ether oxygens (including phenoxy) is 2. The first-order valence-corrected chi connectivity index (χ1v) is 10.2. The van der Waals surface area contributed by atoms with E-state index in [4.69, 9.17) is 14.5 Å². The highest BCUT2D eigenvalue weighted by molar-refractivity contribution is 5.80. The number of aromatic nitrogens is 3. The molecule has 1 unspecified atom stereocenters. The third-order valence-electron chi connectivity index (χ3n) is 4.77. The normalized spacial score (nSPS) is 12.5. The topological polar surface area (TPSA) is 85.6 Å². The first-order valence-electron chi connectivity index (χ1n) is 10.2. The van der Waals surface area contributed by atoms with Crippen LogP contribution in [-0.4, -0.2) is 54.1 Å². The molecular weight excluding hydrogens is 368 g/mol. The van der Waals surface area contributed by atoms with Crippen LogP contribution < -0.4 is 20.1 Å². The highest BCUT2D eigenvalue weighted by Gasteiger charge is 2.07. The molecule has 0 fully saturated rings. The van der Waals surface area contributed by atoms with Gasteiger partial charge in [0.15, 0.2) is 17.5 Å². The van der Waals surface area contributed by atoms with Crippen molar-refractivity contribution in [3.05, 3.63) is 35.9 Å². The van der Waals surface area contributed by atoms with E-state index < -0.39 is 0 Å². The summed E-state index contributed by atoms with van der Waals surface area (Å²) >= 11 is 0. The van der Waals surface area contributed by atoms with Crippen LogP contribution in [-0.2, 0) is 19.4 Å². The highest BCUT2D eigenvalue weighted by atomic mass is 16.5. The average Bonchev–Trinajstić information content (AvgIpc) is 3.20. The second-order valence-electron chi connectivity index (χ2n) is 6.84. The van der Waals surface area contributed by atoms with Crippen molar-refractivity contribution in [3.8, 4) is 11.5 Å². The highest BCUT2D eigenvalue weighted by Crippen LogP contribution is 2.27. The molecule has 0 radical (unpaired) electrons. The Morgan fingerprint density at radius 3 is 2.69 bits per heavy atom. The lowest BCUT2D eigenvalue weighted by Gasteiger charge is -2.17. The van der Waals surface area contributed by atoms with Crippen molar-refractivity contribution >= 4 is 5.96 Å². The molecule has 1 heterocycles. The van der Waals surface area contributed by atoms with E-state index in [9.17, 15) is 0 Å². The van der Waals surface area contributed by atoms with Crippen LogP contribution in [0.25, 0.3) is 0 Å². The molecule has 0 aliphatic carbocycles. The molecule has 0 amide bonds. The first-order chi connectivity index (χ1) is 14.1. The van der Waals surface area contributed by atoms with Gasteiger partial charge in [-0.05, 0) is 37.5 Å². The molecule has 0 saturated carbocycles. The number of rotatable bonds is 11. The van der Waals surface area contributed by atoms with Crippen LogP contribution in [0.4, 0.5) is 0 Å². The van der Waals surface area contributed by atoms with Crippen molar-refractivity contribution in [1.29, 1.82) is 0 Å². The number of hydrogen-bond acceptors (Lipinski definition) is 5. The zero-order chi connectivity index (χ0) is 21.1. The number of aryl methyl sites for hydroxylation is 1. The van der Waals surface area contributed by atoms with Gasteiger partial charge < -0.3 is 24.7 Å². The van der Waals surface area contributed by atoms with Gasteiger partial charge in [-0.25, -0.2) is 0 Å². The number of nitrogens with one attached hydrogen (secondary N) is 2. The molecule has 1 aromatic carbocycles. The van der Waals surface area contributed by atoms with Gasteiger partial charge in [-0.1, -0.05) is 19.9 Å². The lowest BCUT2D eigenvalue weighted by atomic mass is 10.1. The van der Waals surface area contributed by atoms with Crippen molar-refractivity contribution < 1.29 is 9.47 Å². The fourth-order valence-corrected chi connectivity index (χ4v) is 2.86. The summed E-state index contributed by atoms with van der Waals surface area (Å²) in [6.07, 6.45) is 4.49. The molecule has 8 nitrogen and oxygen atoms in total. The largest absolute Gasteiger partial charge is 0.493 e. The van der Waals surface area contributed by atoms with Crippen LogP contribution in [0.2, 0.25) is 0 Å². The molecule has 0 aliphatic rings. The van der Waals surface area contributed by atoms with Crippen LogP contribution >= 0.6 is 0 Å². The van der Waals surface area contributed by atoms with Gasteiger partial charge in [0.1, 0.15) is 12.2 Å². The fourth-order valence-electron chi connectivity index (χ4n) is 2.86. The number of methoxy groups -OCH3 is 2. The molecule has 2 N–H and O–H groups in total. The summed E-state index contributed by atoms with van der Waals surface area (Å²) in [7, 11) is 3.29. The van der Waals surface area contributed by atoms with Gasteiger partial charge >= 0.3 is 0 Å². The molecule has 8 heteroatoms. The van der Waals surface area contributed by atoms with Crippen LogP contribution in [0.3, 0.4) is 0 Å². The summed E-state index contributed by atoms with van der Waals surface area (Å²) in [6, 6.07) is 6.33. The molecule has 1 aromatic heterocycles. The van der Waals surface area contributed by atoms with E-state index in [1.54, 1.807) is 20.5 Å². The number of aliphatic imine (C=N–C) groups is 1. The number of nitrogens with zero attached hydrogens (tertiary/aromatic N) is 4. The van der Waals surface area contributed by atoms with E-state index in [-0.39, 0.29) is 0 Å². The quantitative estimate of drug-likeness (QED) is 0.444. The second-order valence-corrected chi connectivity index (χ2v) is 6.84. The molecule has 2 aromatic rings. The van der Waals surface area contributed by atoms with Gasteiger partial charge in [0.25, 0.3) is 0 Å². The fraction of sp³-hybridized carbons (Fsp3) is 0.571. The Morgan fingerprint density at radius 1 is 1.21 bits per heavy atom. The van der Waals surface area contributed by atoms with E-state index in [2.05, 4.69) is 46.2 Å². The van der Waals surface area contributed by atoms with E-state index in [0.717, 1.165) is 61.2 Å². The molecule has 160 valence electrons. The lowest BCUT2D eigenvalue weighted by molar-refractivity contribution is 0.354. The van der Waals surface area contributed by atoms with Crippen LogP contribution in [0, 0.1) is 0 Å². The summed E-state index contributed by atoms with van der Waals surface area (Å²) in [4.78, 5) is 4.75. The van der Waals surface area contributed by atoms with Crippen molar-refractivity contribution in [2.45, 2.75) is 52.6 Å². The minimum Gasteiger partial charge on any atom is -0.493 e. The monoisotopic (exact) mass is 402 g/mol. The number of hydrogen-bond donors (Lipinski definition) is 2. The van der Waals surface area contributed by atoms with E-state index in [0.29, 0.717) is 12.6 Å². The Balaban J connectivity index is 1.94. The van der Waals surface area contributed by atoms with Gasteiger partial charge in [-0.3, -0.25) is 4.99 Å². The van der Waals surface area contributed by atoms with Gasteiger partial charge in [0.05, 0.1) is 14.2 Å². The number of benzene rings is 1. The minimum absolute atomic E-state index is 0.350. The predicted octanol–water partition coefficient (Wildman–Crippen LogP) is 2.43. The molecule has 0 aliphatic heterocycles. The molecule has 29 heavy (non-hydrogen) atoms. The Bertz CT molecular complexity index is 774. The van der Waals surface area contributed by atoms with Gasteiger partial charge in [-0.2, -0.15) is 0 Å². The summed E-state index contributed by atoms with van der Waals surface area (Å²) < 4.78 is 12.7. The van der Waals surface area contributed by atoms with Crippen molar-refractivity contribution in [2.75, 3.05) is 27.3 Å². The average molecular weight is 403 g/mol. The minimum atomic E-state index is 0.350. The maximum Gasteiger partial charge on any atom is 0.191 e. The Kier molecular flexibility index (Phi) is 9.27. The smallest absolute Gasteiger partial charge is 0.191 e. The van der Waals surface area contributed by atoms with E-state index in [1.807, 2.05) is 18.2 Å². The van der Waals surface area contributed by atoms with Gasteiger partial charge in [0.2, 0.25) is 0 Å². The number of guanidine groups is 1. The van der Waals surface area contributed by atoms with Crippen molar-refractivity contribution in [3.63, 3.8) is 0 Å². The standard InChI is InChI=1S/C21H34N6O2/c1-6-16(3)25-21(23-12-13-27-15-24-26-20(27)7-2)22-11-10-17-8-9-18(28-4)19(14-17)29-5/h8-9,14-16H,6-7,10-13H2,1-5H3,(H2,22,23,25). The molecule has 2 rings (SSSR count). The van der Waals surface area contributed by atoms with E-state index >= 15 is 0 Å². The first kappa shape index (κ1) is 22.5. The van der Waals surface area contributed by atoms with Crippen LogP contribution in [0.1, 0.15) is 38.6 Å². The molecule has 1 atom stereocenters. The molecule has 0 spiro atoms. The van der Waals surface area contributed by atoms with Crippen LogP contribution in [0.15, 0.2) is 29.5 Å². The van der Waals surface area contributed by atoms with Crippen LogP contribution in [0.5, 0.6) is 11.5 Å². The maximum absolute atomic E-state index is 5.38. The zero-order valence-electron chi connectivity index (χ0n) is 18.2. The van der Waals surface area contributed by atoms with Gasteiger partial charge in [0, 0.05) is 32.1 Å². The molecular formula is C21H34N6O2. The third kappa shape index (κ3) is 6.96. The zero-order valence-corrected chi connectivity index (χ0v) is 18.2. The molecule has 0 saturated heterocycles. The Morgan fingerprint density at radius 2 is 2.00 bits per heavy atom. The summed E-state index contributed by atoms with van der Waals surface area (Å²) in [5.41, 5.74) is 1.16. The maximum atomic E-state index is 5.38. The second kappa shape index (κ2) is 11.9. The molecule has 0 bridgehead atoms. The predicted molar refractivity (Wildman–Crippen MR) is 116 cm³/mol. The van der Waals surface area contributed by atoms with E-state index in [1.165, 1.54) is 0 Å². The van der Waals surface area contributed by atoms with Gasteiger partial charge in [-0.15, -0.1) is 10.2 Å². The lowest BCUT2D eigenvalue weighted by Crippen LogP contribution is -2.43. The third-order valence-corrected chi connectivity index (χ3v) is 4.77. The summed E-state index contributed by atoms with van der Waals surface area (Å²) in [6.45, 7) is 8.62. The van der Waals surface area contributed by atoms with Crippen molar-refractivity contribution in [1.82, 2.24) is 25.4 Å². The summed E-state index contributed by atoms with van der Waals surface area (Å²) in [5.74, 6) is 3.30. The Hall–Kier alpha value is -2.77. The van der Waals surface area contributed by atoms with Crippen molar-refractivity contribution in [2.24, 2.45) is 4.99 Å². The Labute approximate surface area is 173 Å².